The number of oxazole rings is 1. The molecule has 1 saturated heterocycles. The first-order valence-corrected chi connectivity index (χ1v) is 10.3. The lowest BCUT2D eigenvalue weighted by Crippen LogP contribution is -2.31. The summed E-state index contributed by atoms with van der Waals surface area (Å²) in [6.45, 7) is 3.13. The molecule has 144 valence electrons. The molecule has 3 aromatic rings. The number of nitrogens with zero attached hydrogens (tertiary/aromatic N) is 3. The Morgan fingerprint density at radius 2 is 1.96 bits per heavy atom. The number of benzene rings is 2. The lowest BCUT2D eigenvalue weighted by molar-refractivity contribution is -0.127. The molecule has 1 aliphatic rings. The fourth-order valence-corrected chi connectivity index (χ4v) is 4.24. The molecular weight excluding hydrogens is 374 g/mol. The van der Waals surface area contributed by atoms with Crippen LogP contribution in [0, 0.1) is 6.92 Å². The number of fused-ring (bicyclic) bond motifs is 1. The highest BCUT2D eigenvalue weighted by Crippen LogP contribution is 2.25. The number of rotatable bonds is 5. The molecule has 1 fully saturated rings. The summed E-state index contributed by atoms with van der Waals surface area (Å²) in [5.74, 6) is 0.507. The Labute approximate surface area is 166 Å². The van der Waals surface area contributed by atoms with Crippen LogP contribution in [0.4, 0.5) is 5.69 Å². The number of hydrogen-bond acceptors (Lipinski definition) is 5. The SMILES string of the molecule is Cc1ccccc1N=C1SCCN1C(=O)CCCn1c(=O)oc2ccccc21. The van der Waals surface area contributed by atoms with Crippen molar-refractivity contribution in [1.82, 2.24) is 9.47 Å². The number of aliphatic imine (C=N–C) groups is 1. The third-order valence-electron chi connectivity index (χ3n) is 4.76. The van der Waals surface area contributed by atoms with Gasteiger partial charge in [0, 0.05) is 25.3 Å². The lowest BCUT2D eigenvalue weighted by Gasteiger charge is -2.16. The summed E-state index contributed by atoms with van der Waals surface area (Å²) in [6.07, 6.45) is 0.931. The van der Waals surface area contributed by atoms with E-state index < -0.39 is 0 Å². The van der Waals surface area contributed by atoms with E-state index in [1.165, 1.54) is 0 Å². The maximum Gasteiger partial charge on any atom is 0.419 e. The first kappa shape index (κ1) is 18.6. The minimum Gasteiger partial charge on any atom is -0.408 e. The van der Waals surface area contributed by atoms with Crippen molar-refractivity contribution in [2.75, 3.05) is 12.3 Å². The van der Waals surface area contributed by atoms with Crippen LogP contribution in [0.1, 0.15) is 18.4 Å². The first-order valence-electron chi connectivity index (χ1n) is 9.29. The van der Waals surface area contributed by atoms with E-state index in [9.17, 15) is 9.59 Å². The van der Waals surface area contributed by atoms with E-state index in [0.717, 1.165) is 27.7 Å². The van der Waals surface area contributed by atoms with E-state index in [1.807, 2.05) is 49.4 Å². The predicted octanol–water partition coefficient (Wildman–Crippen LogP) is 3.95. The molecule has 1 aromatic heterocycles. The van der Waals surface area contributed by atoms with Crippen molar-refractivity contribution >= 4 is 39.6 Å². The van der Waals surface area contributed by atoms with Gasteiger partial charge in [-0.3, -0.25) is 14.3 Å². The molecular formula is C21H21N3O3S. The van der Waals surface area contributed by atoms with Crippen LogP contribution in [-0.4, -0.2) is 32.8 Å². The smallest absolute Gasteiger partial charge is 0.408 e. The molecule has 28 heavy (non-hydrogen) atoms. The van der Waals surface area contributed by atoms with E-state index in [-0.39, 0.29) is 11.7 Å². The molecule has 1 amide bonds. The van der Waals surface area contributed by atoms with Crippen LogP contribution < -0.4 is 5.76 Å². The van der Waals surface area contributed by atoms with Gasteiger partial charge in [-0.05, 0) is 37.1 Å². The Balaban J connectivity index is 1.42. The number of thioether (sulfide) groups is 1. The van der Waals surface area contributed by atoms with Crippen molar-refractivity contribution in [2.45, 2.75) is 26.3 Å². The highest BCUT2D eigenvalue weighted by Gasteiger charge is 2.25. The zero-order valence-electron chi connectivity index (χ0n) is 15.6. The van der Waals surface area contributed by atoms with E-state index in [1.54, 1.807) is 27.3 Å². The molecule has 4 rings (SSSR count). The highest BCUT2D eigenvalue weighted by atomic mass is 32.2. The van der Waals surface area contributed by atoms with E-state index in [0.29, 0.717) is 31.5 Å². The summed E-state index contributed by atoms with van der Waals surface area (Å²) < 4.78 is 6.83. The summed E-state index contributed by atoms with van der Waals surface area (Å²) in [6, 6.07) is 15.2. The van der Waals surface area contributed by atoms with E-state index in [4.69, 9.17) is 4.42 Å². The van der Waals surface area contributed by atoms with Crippen LogP contribution in [0.25, 0.3) is 11.1 Å². The molecule has 1 aliphatic heterocycles. The topological polar surface area (TPSA) is 67.8 Å². The molecule has 6 nitrogen and oxygen atoms in total. The average molecular weight is 395 g/mol. The van der Waals surface area contributed by atoms with Crippen LogP contribution in [0.3, 0.4) is 0 Å². The maximum atomic E-state index is 12.7. The molecule has 0 atom stereocenters. The quantitative estimate of drug-likeness (QED) is 0.656. The zero-order chi connectivity index (χ0) is 19.5. The second kappa shape index (κ2) is 8.06. The van der Waals surface area contributed by atoms with Crippen molar-refractivity contribution in [3.05, 3.63) is 64.6 Å². The number of para-hydroxylation sites is 3. The summed E-state index contributed by atoms with van der Waals surface area (Å²) in [5, 5.41) is 0.755. The molecule has 0 spiro atoms. The summed E-state index contributed by atoms with van der Waals surface area (Å²) in [5.41, 5.74) is 3.31. The Morgan fingerprint density at radius 1 is 1.18 bits per heavy atom. The molecule has 0 unspecified atom stereocenters. The standard InChI is InChI=1S/C21H21N3O3S/c1-15-7-2-3-8-16(15)22-20-24(13-14-28-20)19(25)11-6-12-23-17-9-4-5-10-18(17)27-21(23)26/h2-5,7-10H,6,11-14H2,1H3. The number of carbonyl (C=O) groups excluding carboxylic acids is 1. The number of amidine groups is 1. The van der Waals surface area contributed by atoms with Gasteiger partial charge < -0.3 is 4.42 Å². The Morgan fingerprint density at radius 3 is 2.82 bits per heavy atom. The molecule has 0 saturated carbocycles. The maximum absolute atomic E-state index is 12.7. The van der Waals surface area contributed by atoms with Gasteiger partial charge in [0.15, 0.2) is 10.8 Å². The number of amides is 1. The van der Waals surface area contributed by atoms with Gasteiger partial charge in [-0.25, -0.2) is 9.79 Å². The van der Waals surface area contributed by atoms with Crippen molar-refractivity contribution in [1.29, 1.82) is 0 Å². The molecule has 2 heterocycles. The number of aryl methyl sites for hydroxylation is 2. The Kier molecular flexibility index (Phi) is 5.34. The highest BCUT2D eigenvalue weighted by molar-refractivity contribution is 8.14. The van der Waals surface area contributed by atoms with Gasteiger partial charge in [0.2, 0.25) is 5.91 Å². The van der Waals surface area contributed by atoms with Crippen LogP contribution in [0.5, 0.6) is 0 Å². The fourth-order valence-electron chi connectivity index (χ4n) is 3.27. The van der Waals surface area contributed by atoms with E-state index in [2.05, 4.69) is 4.99 Å². The summed E-state index contributed by atoms with van der Waals surface area (Å²) in [4.78, 5) is 31.2. The number of carbonyl (C=O) groups is 1. The van der Waals surface area contributed by atoms with Gasteiger partial charge >= 0.3 is 5.76 Å². The fraction of sp³-hybridized carbons (Fsp3) is 0.286. The zero-order valence-corrected chi connectivity index (χ0v) is 16.4. The van der Waals surface area contributed by atoms with Crippen molar-refractivity contribution in [2.24, 2.45) is 4.99 Å². The molecule has 0 N–H and O–H groups in total. The monoisotopic (exact) mass is 395 g/mol. The second-order valence-electron chi connectivity index (χ2n) is 6.67. The molecule has 7 heteroatoms. The molecule has 2 aromatic carbocycles. The van der Waals surface area contributed by atoms with Gasteiger partial charge in [-0.15, -0.1) is 0 Å². The average Bonchev–Trinajstić information content (AvgIpc) is 3.28. The lowest BCUT2D eigenvalue weighted by atomic mass is 10.2. The van der Waals surface area contributed by atoms with Crippen LogP contribution in [0.15, 0.2) is 62.7 Å². The van der Waals surface area contributed by atoms with Crippen LogP contribution in [-0.2, 0) is 11.3 Å². The normalized spacial score (nSPS) is 15.6. The van der Waals surface area contributed by atoms with Crippen molar-refractivity contribution < 1.29 is 9.21 Å². The van der Waals surface area contributed by atoms with Crippen molar-refractivity contribution in [3.8, 4) is 0 Å². The summed E-state index contributed by atoms with van der Waals surface area (Å²) >= 11 is 1.60. The third kappa shape index (κ3) is 3.75. The Hall–Kier alpha value is -2.80. The van der Waals surface area contributed by atoms with Gasteiger partial charge in [0.25, 0.3) is 0 Å². The third-order valence-corrected chi connectivity index (χ3v) is 5.71. The van der Waals surface area contributed by atoms with E-state index >= 15 is 0 Å². The second-order valence-corrected chi connectivity index (χ2v) is 7.73. The minimum atomic E-state index is -0.382. The minimum absolute atomic E-state index is 0.0400. The van der Waals surface area contributed by atoms with Crippen molar-refractivity contribution in [3.63, 3.8) is 0 Å². The molecule has 0 aliphatic carbocycles. The number of hydrogen-bond donors (Lipinski definition) is 0. The van der Waals surface area contributed by atoms with Gasteiger partial charge in [-0.1, -0.05) is 42.1 Å². The Bertz CT molecular complexity index is 1100. The molecule has 0 radical (unpaired) electrons. The van der Waals surface area contributed by atoms with Gasteiger partial charge in [0.1, 0.15) is 0 Å². The number of aromatic nitrogens is 1. The van der Waals surface area contributed by atoms with Gasteiger partial charge in [-0.2, -0.15) is 0 Å². The van der Waals surface area contributed by atoms with Crippen LogP contribution in [0.2, 0.25) is 0 Å². The van der Waals surface area contributed by atoms with Gasteiger partial charge in [0.05, 0.1) is 11.2 Å². The largest absolute Gasteiger partial charge is 0.419 e. The molecule has 0 bridgehead atoms. The predicted molar refractivity (Wildman–Crippen MR) is 112 cm³/mol. The van der Waals surface area contributed by atoms with Crippen LogP contribution >= 0.6 is 11.8 Å². The first-order chi connectivity index (χ1) is 13.6. The summed E-state index contributed by atoms with van der Waals surface area (Å²) in [7, 11) is 0.